The fourth-order valence-electron chi connectivity index (χ4n) is 1.63. The lowest BCUT2D eigenvalue weighted by molar-refractivity contribution is -0.151. The third-order valence-corrected chi connectivity index (χ3v) is 2.84. The van der Waals surface area contributed by atoms with Gasteiger partial charge in [-0.3, -0.25) is 9.59 Å². The van der Waals surface area contributed by atoms with Crippen LogP contribution in [0.1, 0.15) is 65.2 Å². The topological polar surface area (TPSA) is 52.6 Å². The molecular weight excluding hydrogens is 256 g/mol. The van der Waals surface area contributed by atoms with Gasteiger partial charge in [0.25, 0.3) is 0 Å². The van der Waals surface area contributed by atoms with Gasteiger partial charge < -0.3 is 9.47 Å². The summed E-state index contributed by atoms with van der Waals surface area (Å²) < 4.78 is 9.89. The van der Waals surface area contributed by atoms with Crippen molar-refractivity contribution in [2.75, 3.05) is 6.61 Å². The maximum Gasteiger partial charge on any atom is 0.307 e. The molecule has 0 saturated carbocycles. The van der Waals surface area contributed by atoms with Gasteiger partial charge in [-0.05, 0) is 13.3 Å². The van der Waals surface area contributed by atoms with Gasteiger partial charge >= 0.3 is 11.9 Å². The first kappa shape index (κ1) is 18.5. The fraction of sp³-hybridized carbons (Fsp3) is 0.750. The molecule has 0 heterocycles. The van der Waals surface area contributed by atoms with E-state index in [-0.39, 0.29) is 18.8 Å². The molecule has 0 spiro atoms. The van der Waals surface area contributed by atoms with E-state index < -0.39 is 12.1 Å². The second-order valence-electron chi connectivity index (χ2n) is 4.79. The van der Waals surface area contributed by atoms with Gasteiger partial charge in [-0.15, -0.1) is 6.42 Å². The van der Waals surface area contributed by atoms with Crippen molar-refractivity contribution < 1.29 is 19.1 Å². The zero-order chi connectivity index (χ0) is 15.2. The molecule has 0 aromatic rings. The number of rotatable bonds is 11. The number of hydrogen-bond acceptors (Lipinski definition) is 4. The van der Waals surface area contributed by atoms with Crippen LogP contribution in [0.15, 0.2) is 0 Å². The maximum atomic E-state index is 11.4. The number of ether oxygens (including phenoxy) is 2. The molecule has 0 N–H and O–H groups in total. The van der Waals surface area contributed by atoms with Gasteiger partial charge in [0.1, 0.15) is 0 Å². The summed E-state index contributed by atoms with van der Waals surface area (Å²) in [6.45, 7) is 4.21. The summed E-state index contributed by atoms with van der Waals surface area (Å²) >= 11 is 0. The second kappa shape index (κ2) is 12.5. The Bertz CT molecular complexity index is 317. The van der Waals surface area contributed by atoms with Crippen molar-refractivity contribution in [3.63, 3.8) is 0 Å². The average Bonchev–Trinajstić information content (AvgIpc) is 2.44. The zero-order valence-corrected chi connectivity index (χ0v) is 12.7. The summed E-state index contributed by atoms with van der Waals surface area (Å²) in [7, 11) is 0. The predicted octanol–water partition coefficient (Wildman–Crippen LogP) is 3.24. The Labute approximate surface area is 122 Å². The van der Waals surface area contributed by atoms with Crippen molar-refractivity contribution in [1.82, 2.24) is 0 Å². The minimum atomic E-state index is -0.554. The third kappa shape index (κ3) is 11.6. The number of unbranched alkanes of at least 4 members (excludes halogenated alkanes) is 5. The molecular formula is C16H26O4. The molecule has 1 atom stereocenters. The normalized spacial score (nSPS) is 11.4. The van der Waals surface area contributed by atoms with Crippen LogP contribution in [0.5, 0.6) is 0 Å². The van der Waals surface area contributed by atoms with Crippen LogP contribution >= 0.6 is 0 Å². The van der Waals surface area contributed by atoms with Gasteiger partial charge in [-0.25, -0.2) is 0 Å². The maximum absolute atomic E-state index is 11.4. The van der Waals surface area contributed by atoms with E-state index in [0.29, 0.717) is 6.61 Å². The monoisotopic (exact) mass is 282 g/mol. The van der Waals surface area contributed by atoms with Crippen molar-refractivity contribution in [2.45, 2.75) is 71.3 Å². The molecule has 0 aliphatic carbocycles. The van der Waals surface area contributed by atoms with E-state index in [1.165, 1.54) is 25.7 Å². The number of terminal acetylenes is 1. The van der Waals surface area contributed by atoms with E-state index in [1.807, 2.05) is 0 Å². The molecule has 0 aromatic heterocycles. The first-order valence-electron chi connectivity index (χ1n) is 7.41. The molecule has 4 nitrogen and oxygen atoms in total. The summed E-state index contributed by atoms with van der Waals surface area (Å²) in [5.74, 6) is 1.46. The van der Waals surface area contributed by atoms with E-state index in [2.05, 4.69) is 12.8 Å². The van der Waals surface area contributed by atoms with Crippen LogP contribution in [0.4, 0.5) is 0 Å². The van der Waals surface area contributed by atoms with E-state index in [0.717, 1.165) is 12.8 Å². The molecule has 114 valence electrons. The van der Waals surface area contributed by atoms with Crippen LogP contribution in [0.3, 0.4) is 0 Å². The fourth-order valence-corrected chi connectivity index (χ4v) is 1.63. The molecule has 20 heavy (non-hydrogen) atoms. The highest BCUT2D eigenvalue weighted by molar-refractivity contribution is 5.77. The Morgan fingerprint density at radius 1 is 1.05 bits per heavy atom. The van der Waals surface area contributed by atoms with Gasteiger partial charge in [-0.1, -0.05) is 44.9 Å². The Morgan fingerprint density at radius 3 is 2.30 bits per heavy atom. The Morgan fingerprint density at radius 2 is 1.65 bits per heavy atom. The predicted molar refractivity (Wildman–Crippen MR) is 78.0 cm³/mol. The molecule has 0 aliphatic rings. The summed E-state index contributed by atoms with van der Waals surface area (Å²) in [4.78, 5) is 22.6. The highest BCUT2D eigenvalue weighted by atomic mass is 16.5. The van der Waals surface area contributed by atoms with Gasteiger partial charge in [0.2, 0.25) is 0 Å². The molecule has 0 fully saturated rings. The van der Waals surface area contributed by atoms with Crippen molar-refractivity contribution in [3.05, 3.63) is 0 Å². The first-order valence-corrected chi connectivity index (χ1v) is 7.41. The summed E-state index contributed by atoms with van der Waals surface area (Å²) in [5.41, 5.74) is 0. The van der Waals surface area contributed by atoms with E-state index in [9.17, 15) is 9.59 Å². The summed E-state index contributed by atoms with van der Waals surface area (Å²) in [6, 6.07) is 0. The lowest BCUT2D eigenvalue weighted by atomic mass is 10.1. The van der Waals surface area contributed by atoms with Crippen molar-refractivity contribution in [3.8, 4) is 12.3 Å². The minimum absolute atomic E-state index is 0.0152. The molecule has 4 heteroatoms. The standard InChI is InChI=1S/C16H26O4/c1-4-6-7-8-9-10-13-19-15(17)11-12-16(18)20-14(3)5-2/h2,14H,4,6-13H2,1,3H3. The third-order valence-electron chi connectivity index (χ3n) is 2.84. The largest absolute Gasteiger partial charge is 0.466 e. The number of carbonyl (C=O) groups excluding carboxylic acids is 2. The Kier molecular flexibility index (Phi) is 11.6. The SMILES string of the molecule is C#CC(C)OC(=O)CCC(=O)OCCCCCCCC. The highest BCUT2D eigenvalue weighted by Crippen LogP contribution is 2.05. The van der Waals surface area contributed by atoms with Crippen LogP contribution in [-0.4, -0.2) is 24.6 Å². The molecule has 0 rings (SSSR count). The minimum Gasteiger partial charge on any atom is -0.466 e. The second-order valence-corrected chi connectivity index (χ2v) is 4.79. The van der Waals surface area contributed by atoms with Gasteiger partial charge in [-0.2, -0.15) is 0 Å². The van der Waals surface area contributed by atoms with Crippen molar-refractivity contribution in [1.29, 1.82) is 0 Å². The van der Waals surface area contributed by atoms with Crippen LogP contribution in [-0.2, 0) is 19.1 Å². The molecule has 1 unspecified atom stereocenters. The molecule has 0 aliphatic heterocycles. The average molecular weight is 282 g/mol. The quantitative estimate of drug-likeness (QED) is 0.332. The van der Waals surface area contributed by atoms with Gasteiger partial charge in [0.15, 0.2) is 6.10 Å². The molecule has 0 bridgehead atoms. The lowest BCUT2D eigenvalue weighted by Crippen LogP contribution is -2.15. The molecule has 0 radical (unpaired) electrons. The number of esters is 2. The van der Waals surface area contributed by atoms with Crippen LogP contribution in [0, 0.1) is 12.3 Å². The first-order chi connectivity index (χ1) is 9.60. The van der Waals surface area contributed by atoms with Gasteiger partial charge in [0.05, 0.1) is 19.4 Å². The summed E-state index contributed by atoms with van der Waals surface area (Å²) in [6.07, 6.45) is 11.5. The van der Waals surface area contributed by atoms with Crippen LogP contribution in [0.25, 0.3) is 0 Å². The van der Waals surface area contributed by atoms with Crippen molar-refractivity contribution >= 4 is 11.9 Å². The van der Waals surface area contributed by atoms with E-state index in [4.69, 9.17) is 15.9 Å². The number of hydrogen-bond donors (Lipinski definition) is 0. The van der Waals surface area contributed by atoms with Crippen LogP contribution < -0.4 is 0 Å². The van der Waals surface area contributed by atoms with E-state index >= 15 is 0 Å². The lowest BCUT2D eigenvalue weighted by Gasteiger charge is -2.07. The molecule has 0 amide bonds. The molecule has 0 saturated heterocycles. The van der Waals surface area contributed by atoms with Gasteiger partial charge in [0, 0.05) is 0 Å². The van der Waals surface area contributed by atoms with Crippen molar-refractivity contribution in [2.24, 2.45) is 0 Å². The van der Waals surface area contributed by atoms with E-state index in [1.54, 1.807) is 6.92 Å². The zero-order valence-electron chi connectivity index (χ0n) is 12.7. The Hall–Kier alpha value is -1.50. The summed E-state index contributed by atoms with van der Waals surface area (Å²) in [5, 5.41) is 0. The number of carbonyl (C=O) groups is 2. The smallest absolute Gasteiger partial charge is 0.307 e. The highest BCUT2D eigenvalue weighted by Gasteiger charge is 2.10. The molecule has 0 aromatic carbocycles. The Balaban J connectivity index is 3.46. The van der Waals surface area contributed by atoms with Crippen LogP contribution in [0.2, 0.25) is 0 Å².